The number of fused-ring (bicyclic) bond motifs is 1. The number of carbonyl (C=O) groups excluding carboxylic acids is 1. The fourth-order valence-electron chi connectivity index (χ4n) is 4.93. The summed E-state index contributed by atoms with van der Waals surface area (Å²) in [5.74, 6) is -0.184. The highest BCUT2D eigenvalue weighted by molar-refractivity contribution is 7.21. The summed E-state index contributed by atoms with van der Waals surface area (Å²) in [6.45, 7) is 6.11. The van der Waals surface area contributed by atoms with Crippen molar-refractivity contribution in [2.75, 3.05) is 45.0 Å². The molecule has 1 amide bonds. The second kappa shape index (κ2) is 14.9. The van der Waals surface area contributed by atoms with Crippen molar-refractivity contribution >= 4 is 44.5 Å². The number of ether oxygens (including phenoxy) is 4. The zero-order valence-electron chi connectivity index (χ0n) is 23.8. The van der Waals surface area contributed by atoms with E-state index in [9.17, 15) is 4.79 Å². The van der Waals surface area contributed by atoms with E-state index in [2.05, 4.69) is 35.8 Å². The number of aliphatic hydroxyl groups is 1. The van der Waals surface area contributed by atoms with Gasteiger partial charge in [-0.1, -0.05) is 6.07 Å². The molecule has 3 heterocycles. The molecular formula is C32H36N2O6S2. The van der Waals surface area contributed by atoms with Crippen LogP contribution in [0.3, 0.4) is 0 Å². The third kappa shape index (κ3) is 7.63. The Morgan fingerprint density at radius 1 is 1.07 bits per heavy atom. The largest absolute Gasteiger partial charge is 0.459 e. The summed E-state index contributed by atoms with van der Waals surface area (Å²) in [5, 5.41) is 16.9. The molecule has 10 heteroatoms. The molecular weight excluding hydrogens is 572 g/mol. The van der Waals surface area contributed by atoms with Crippen LogP contribution in [0.5, 0.6) is 0 Å². The Morgan fingerprint density at radius 3 is 2.62 bits per heavy atom. The van der Waals surface area contributed by atoms with Gasteiger partial charge >= 0.3 is 0 Å². The van der Waals surface area contributed by atoms with E-state index in [1.807, 2.05) is 48.7 Å². The van der Waals surface area contributed by atoms with Crippen LogP contribution in [0.4, 0.5) is 5.69 Å². The van der Waals surface area contributed by atoms with Crippen LogP contribution in [0.25, 0.3) is 20.8 Å². The minimum Gasteiger partial charge on any atom is -0.459 e. The summed E-state index contributed by atoms with van der Waals surface area (Å²) < 4.78 is 24.4. The van der Waals surface area contributed by atoms with Crippen LogP contribution < -0.4 is 5.32 Å². The Kier molecular flexibility index (Phi) is 10.7. The number of aryl methyl sites for hydroxylation is 1. The maximum absolute atomic E-state index is 13.4. The highest BCUT2D eigenvalue weighted by atomic mass is 32.1. The van der Waals surface area contributed by atoms with Crippen molar-refractivity contribution < 1.29 is 28.8 Å². The van der Waals surface area contributed by atoms with Crippen molar-refractivity contribution in [1.29, 1.82) is 0 Å². The molecule has 0 radical (unpaired) electrons. The van der Waals surface area contributed by atoms with Crippen molar-refractivity contribution in [3.05, 3.63) is 82.3 Å². The van der Waals surface area contributed by atoms with Crippen LogP contribution in [-0.2, 0) is 23.7 Å². The summed E-state index contributed by atoms with van der Waals surface area (Å²) in [5.41, 5.74) is 4.98. The molecule has 0 aliphatic carbocycles. The highest BCUT2D eigenvalue weighted by Gasteiger charge is 2.38. The topological polar surface area (TPSA) is 99.1 Å². The first kappa shape index (κ1) is 30.3. The molecule has 0 unspecified atom stereocenters. The second-order valence-electron chi connectivity index (χ2n) is 9.98. The SMILES string of the molecule is CCO[C@H]1OC(C(=O)Nc2ccc(-c3nc4ccc(C)cc4s3)cc2)=C[C@@H](c2ccsc2)[C@H]1CCOCCOCCO. The molecule has 2 N–H and O–H groups in total. The molecule has 0 saturated carbocycles. The van der Waals surface area contributed by atoms with E-state index in [4.69, 9.17) is 29.0 Å². The number of benzene rings is 2. The number of anilines is 1. The lowest BCUT2D eigenvalue weighted by atomic mass is 9.82. The van der Waals surface area contributed by atoms with E-state index in [1.165, 1.54) is 5.56 Å². The number of hydrogen-bond acceptors (Lipinski definition) is 9. The third-order valence-electron chi connectivity index (χ3n) is 7.00. The van der Waals surface area contributed by atoms with Gasteiger partial charge in [-0.3, -0.25) is 4.79 Å². The first-order valence-corrected chi connectivity index (χ1v) is 15.9. The monoisotopic (exact) mass is 608 g/mol. The van der Waals surface area contributed by atoms with Gasteiger partial charge in [-0.2, -0.15) is 11.3 Å². The van der Waals surface area contributed by atoms with Crippen LogP contribution in [0, 0.1) is 12.8 Å². The molecule has 8 nitrogen and oxygen atoms in total. The Labute approximate surface area is 253 Å². The molecule has 222 valence electrons. The number of rotatable bonds is 14. The fraction of sp³-hybridized carbons (Fsp3) is 0.375. The van der Waals surface area contributed by atoms with Crippen LogP contribution in [0.2, 0.25) is 0 Å². The normalized spacial score (nSPS) is 18.5. The fourth-order valence-corrected chi connectivity index (χ4v) is 6.71. The van der Waals surface area contributed by atoms with Crippen LogP contribution in [0.1, 0.15) is 30.4 Å². The van der Waals surface area contributed by atoms with Crippen LogP contribution >= 0.6 is 22.7 Å². The maximum atomic E-state index is 13.4. The Balaban J connectivity index is 1.27. The van der Waals surface area contributed by atoms with E-state index in [-0.39, 0.29) is 30.1 Å². The van der Waals surface area contributed by atoms with Gasteiger partial charge in [-0.15, -0.1) is 11.3 Å². The van der Waals surface area contributed by atoms with Gasteiger partial charge in [-0.05, 0) is 90.7 Å². The van der Waals surface area contributed by atoms with Gasteiger partial charge in [-0.25, -0.2) is 4.98 Å². The van der Waals surface area contributed by atoms with Gasteiger partial charge in [0.2, 0.25) is 6.29 Å². The zero-order chi connectivity index (χ0) is 29.3. The first-order valence-electron chi connectivity index (χ1n) is 14.1. The Morgan fingerprint density at radius 2 is 1.88 bits per heavy atom. The average molecular weight is 609 g/mol. The number of thiophene rings is 1. The number of nitrogens with zero attached hydrogens (tertiary/aromatic N) is 1. The predicted molar refractivity (Wildman–Crippen MR) is 167 cm³/mol. The van der Waals surface area contributed by atoms with Crippen LogP contribution in [-0.4, -0.2) is 61.9 Å². The lowest BCUT2D eigenvalue weighted by molar-refractivity contribution is -0.166. The van der Waals surface area contributed by atoms with E-state index >= 15 is 0 Å². The summed E-state index contributed by atoms with van der Waals surface area (Å²) in [6, 6.07) is 16.0. The molecule has 0 saturated heterocycles. The van der Waals surface area contributed by atoms with Gasteiger partial charge in [0.15, 0.2) is 5.76 Å². The summed E-state index contributed by atoms with van der Waals surface area (Å²) in [7, 11) is 0. The molecule has 0 bridgehead atoms. The lowest BCUT2D eigenvalue weighted by Crippen LogP contribution is -2.38. The molecule has 2 aromatic carbocycles. The van der Waals surface area contributed by atoms with Gasteiger partial charge in [0, 0.05) is 36.3 Å². The number of allylic oxidation sites excluding steroid dienone is 1. The van der Waals surface area contributed by atoms with Crippen molar-refractivity contribution in [1.82, 2.24) is 4.98 Å². The molecule has 0 fully saturated rings. The van der Waals surface area contributed by atoms with E-state index in [1.54, 1.807) is 22.7 Å². The van der Waals surface area contributed by atoms with E-state index in [0.717, 1.165) is 26.4 Å². The minimum atomic E-state index is -0.593. The summed E-state index contributed by atoms with van der Waals surface area (Å²) >= 11 is 3.28. The number of thiazole rings is 1. The number of nitrogens with one attached hydrogen (secondary N) is 1. The number of aromatic nitrogens is 1. The summed E-state index contributed by atoms with van der Waals surface area (Å²) in [6.07, 6.45) is 1.99. The smallest absolute Gasteiger partial charge is 0.290 e. The third-order valence-corrected chi connectivity index (χ3v) is 8.77. The maximum Gasteiger partial charge on any atom is 0.290 e. The molecule has 4 aromatic rings. The number of amides is 1. The van der Waals surface area contributed by atoms with Gasteiger partial charge < -0.3 is 29.4 Å². The standard InChI is InChI=1S/C32H36N2O6S2/c1-3-39-32-25(10-13-37-15-16-38-14-12-35)26(23-11-17-41-20-23)19-28(40-32)30(36)33-24-7-5-22(6-8-24)31-34-27-9-4-21(2)18-29(27)42-31/h4-9,11,17-20,25-26,32,35H,3,10,12-16H2,1-2H3,(H,33,36)/t25-,26+,32+/m1/s1. The van der Waals surface area contributed by atoms with E-state index in [0.29, 0.717) is 45.1 Å². The molecule has 3 atom stereocenters. The predicted octanol–water partition coefficient (Wildman–Crippen LogP) is 6.36. The van der Waals surface area contributed by atoms with Crippen molar-refractivity contribution in [3.63, 3.8) is 0 Å². The highest BCUT2D eigenvalue weighted by Crippen LogP contribution is 2.40. The average Bonchev–Trinajstić information content (AvgIpc) is 3.68. The van der Waals surface area contributed by atoms with Crippen molar-refractivity contribution in [3.8, 4) is 10.6 Å². The van der Waals surface area contributed by atoms with Gasteiger partial charge in [0.05, 0.1) is 36.6 Å². The number of carbonyl (C=O) groups is 1. The quantitative estimate of drug-likeness (QED) is 0.161. The van der Waals surface area contributed by atoms with Gasteiger partial charge in [0.1, 0.15) is 5.01 Å². The Bertz CT molecular complexity index is 1470. The molecule has 5 rings (SSSR count). The number of hydrogen-bond donors (Lipinski definition) is 2. The van der Waals surface area contributed by atoms with Gasteiger partial charge in [0.25, 0.3) is 5.91 Å². The zero-order valence-corrected chi connectivity index (χ0v) is 25.4. The summed E-state index contributed by atoms with van der Waals surface area (Å²) in [4.78, 5) is 18.2. The Hall–Kier alpha value is -3.12. The molecule has 0 spiro atoms. The number of aliphatic hydroxyl groups excluding tert-OH is 1. The first-order chi connectivity index (χ1) is 20.6. The van der Waals surface area contributed by atoms with Crippen LogP contribution in [0.15, 0.2) is 71.1 Å². The second-order valence-corrected chi connectivity index (χ2v) is 11.8. The lowest BCUT2D eigenvalue weighted by Gasteiger charge is -2.36. The molecule has 1 aliphatic heterocycles. The van der Waals surface area contributed by atoms with E-state index < -0.39 is 6.29 Å². The molecule has 42 heavy (non-hydrogen) atoms. The molecule has 2 aromatic heterocycles. The molecule has 1 aliphatic rings. The van der Waals surface area contributed by atoms with Crippen molar-refractivity contribution in [2.45, 2.75) is 32.5 Å². The minimum absolute atomic E-state index is 0.00471. The van der Waals surface area contributed by atoms with Crippen molar-refractivity contribution in [2.24, 2.45) is 5.92 Å².